The summed E-state index contributed by atoms with van der Waals surface area (Å²) in [4.78, 5) is 0. The van der Waals surface area contributed by atoms with Crippen LogP contribution in [0, 0.1) is 18.3 Å². The molecule has 0 atom stereocenters. The van der Waals surface area contributed by atoms with Crippen molar-refractivity contribution in [2.45, 2.75) is 26.9 Å². The molecule has 1 rings (SSSR count). The van der Waals surface area contributed by atoms with Gasteiger partial charge in [-0.05, 0) is 32.9 Å². The van der Waals surface area contributed by atoms with Crippen molar-refractivity contribution in [2.24, 2.45) is 0 Å². The standard InChI is InChI=1S/C11H14N2O/c1-7(2)14-11-8(3)9(6-12)4-5-10(11)13/h4-5,7H,13H2,1-3H3. The molecule has 3 nitrogen and oxygen atoms in total. The first-order valence-electron chi connectivity index (χ1n) is 4.52. The zero-order valence-electron chi connectivity index (χ0n) is 8.66. The molecule has 1 aromatic rings. The molecule has 1 aromatic carbocycles. The van der Waals surface area contributed by atoms with Gasteiger partial charge in [-0.3, -0.25) is 0 Å². The van der Waals surface area contributed by atoms with Crippen LogP contribution in [-0.4, -0.2) is 6.10 Å². The lowest BCUT2D eigenvalue weighted by atomic mass is 10.1. The molecule has 0 aromatic heterocycles. The SMILES string of the molecule is Cc1c(C#N)ccc(N)c1OC(C)C. The van der Waals surface area contributed by atoms with Crippen molar-refractivity contribution in [2.75, 3.05) is 5.73 Å². The van der Waals surface area contributed by atoms with E-state index >= 15 is 0 Å². The summed E-state index contributed by atoms with van der Waals surface area (Å²) in [6.45, 7) is 5.70. The highest BCUT2D eigenvalue weighted by Crippen LogP contribution is 2.29. The number of ether oxygens (including phenoxy) is 1. The summed E-state index contributed by atoms with van der Waals surface area (Å²) in [6.07, 6.45) is 0.0601. The molecule has 14 heavy (non-hydrogen) atoms. The predicted molar refractivity (Wildman–Crippen MR) is 56.1 cm³/mol. The molecule has 0 saturated heterocycles. The van der Waals surface area contributed by atoms with Gasteiger partial charge >= 0.3 is 0 Å². The van der Waals surface area contributed by atoms with Crippen LogP contribution in [0.15, 0.2) is 12.1 Å². The van der Waals surface area contributed by atoms with E-state index < -0.39 is 0 Å². The maximum atomic E-state index is 8.82. The average Bonchev–Trinajstić information content (AvgIpc) is 2.12. The Hall–Kier alpha value is -1.69. The maximum Gasteiger partial charge on any atom is 0.146 e. The van der Waals surface area contributed by atoms with E-state index in [1.807, 2.05) is 20.8 Å². The van der Waals surface area contributed by atoms with Gasteiger partial charge in [0, 0.05) is 5.56 Å². The van der Waals surface area contributed by atoms with Crippen molar-refractivity contribution in [3.63, 3.8) is 0 Å². The van der Waals surface area contributed by atoms with Gasteiger partial charge in [0.1, 0.15) is 5.75 Å². The van der Waals surface area contributed by atoms with Crippen molar-refractivity contribution in [1.82, 2.24) is 0 Å². The van der Waals surface area contributed by atoms with Crippen LogP contribution < -0.4 is 10.5 Å². The first-order valence-corrected chi connectivity index (χ1v) is 4.52. The minimum Gasteiger partial charge on any atom is -0.489 e. The van der Waals surface area contributed by atoms with Crippen molar-refractivity contribution in [1.29, 1.82) is 5.26 Å². The smallest absolute Gasteiger partial charge is 0.146 e. The van der Waals surface area contributed by atoms with Gasteiger partial charge in [-0.1, -0.05) is 0 Å². The maximum absolute atomic E-state index is 8.82. The molecule has 74 valence electrons. The molecule has 3 heteroatoms. The Morgan fingerprint density at radius 2 is 2.07 bits per heavy atom. The fourth-order valence-electron chi connectivity index (χ4n) is 1.23. The summed E-state index contributed by atoms with van der Waals surface area (Å²) < 4.78 is 5.54. The quantitative estimate of drug-likeness (QED) is 0.727. The van der Waals surface area contributed by atoms with Gasteiger partial charge in [0.05, 0.1) is 23.4 Å². The van der Waals surface area contributed by atoms with Crippen molar-refractivity contribution < 1.29 is 4.74 Å². The Bertz CT molecular complexity index is 378. The van der Waals surface area contributed by atoms with Crippen LogP contribution >= 0.6 is 0 Å². The minimum atomic E-state index is 0.0601. The number of nitrogens with two attached hydrogens (primary N) is 1. The van der Waals surface area contributed by atoms with Gasteiger partial charge in [-0.2, -0.15) is 5.26 Å². The summed E-state index contributed by atoms with van der Waals surface area (Å²) in [5.41, 5.74) is 7.75. The number of nitriles is 1. The third kappa shape index (κ3) is 1.97. The van der Waals surface area contributed by atoms with Gasteiger partial charge in [0.25, 0.3) is 0 Å². The summed E-state index contributed by atoms with van der Waals surface area (Å²) in [5, 5.41) is 8.82. The van der Waals surface area contributed by atoms with E-state index in [0.29, 0.717) is 17.0 Å². The third-order valence-corrected chi connectivity index (χ3v) is 1.91. The number of anilines is 1. The first-order chi connectivity index (χ1) is 6.56. The highest BCUT2D eigenvalue weighted by molar-refractivity contribution is 5.61. The van der Waals surface area contributed by atoms with E-state index in [0.717, 1.165) is 5.56 Å². The van der Waals surface area contributed by atoms with Gasteiger partial charge in [-0.15, -0.1) is 0 Å². The number of hydrogen-bond donors (Lipinski definition) is 1. The number of nitrogens with zero attached hydrogens (tertiary/aromatic N) is 1. The number of benzene rings is 1. The fourth-order valence-corrected chi connectivity index (χ4v) is 1.23. The van der Waals surface area contributed by atoms with Crippen LogP contribution in [0.3, 0.4) is 0 Å². The van der Waals surface area contributed by atoms with Crippen molar-refractivity contribution in [3.8, 4) is 11.8 Å². The summed E-state index contributed by atoms with van der Waals surface area (Å²) in [5.74, 6) is 0.624. The molecule has 0 bridgehead atoms. The van der Waals surface area contributed by atoms with Crippen LogP contribution in [-0.2, 0) is 0 Å². The molecule has 0 unspecified atom stereocenters. The van der Waals surface area contributed by atoms with E-state index in [4.69, 9.17) is 15.7 Å². The monoisotopic (exact) mass is 190 g/mol. The molecule has 0 aliphatic rings. The molecule has 0 spiro atoms. The fraction of sp³-hybridized carbons (Fsp3) is 0.364. The van der Waals surface area contributed by atoms with Gasteiger partial charge in [0.2, 0.25) is 0 Å². The van der Waals surface area contributed by atoms with Gasteiger partial charge in [-0.25, -0.2) is 0 Å². The van der Waals surface area contributed by atoms with Crippen LogP contribution in [0.1, 0.15) is 25.0 Å². The summed E-state index contributed by atoms with van der Waals surface area (Å²) in [6, 6.07) is 5.50. The Morgan fingerprint density at radius 3 is 2.57 bits per heavy atom. The Morgan fingerprint density at radius 1 is 1.43 bits per heavy atom. The average molecular weight is 190 g/mol. The number of rotatable bonds is 2. The number of nitrogen functional groups attached to an aromatic ring is 1. The zero-order valence-corrected chi connectivity index (χ0v) is 8.66. The van der Waals surface area contributed by atoms with Crippen molar-refractivity contribution >= 4 is 5.69 Å². The normalized spacial score (nSPS) is 9.93. The van der Waals surface area contributed by atoms with E-state index in [2.05, 4.69) is 6.07 Å². The highest BCUT2D eigenvalue weighted by Gasteiger charge is 2.10. The van der Waals surface area contributed by atoms with Crippen LogP contribution in [0.4, 0.5) is 5.69 Å². The highest BCUT2D eigenvalue weighted by atomic mass is 16.5. The summed E-state index contributed by atoms with van der Waals surface area (Å²) >= 11 is 0. The molecule has 0 aliphatic carbocycles. The van der Waals surface area contributed by atoms with E-state index in [1.165, 1.54) is 0 Å². The molecule has 0 saturated carbocycles. The van der Waals surface area contributed by atoms with Crippen LogP contribution in [0.2, 0.25) is 0 Å². The summed E-state index contributed by atoms with van der Waals surface area (Å²) in [7, 11) is 0. The Labute approximate surface area is 84.1 Å². The second kappa shape index (κ2) is 4.01. The molecular weight excluding hydrogens is 176 g/mol. The molecule has 0 amide bonds. The molecule has 0 heterocycles. The molecule has 2 N–H and O–H groups in total. The lowest BCUT2D eigenvalue weighted by molar-refractivity contribution is 0.242. The molecule has 0 fully saturated rings. The minimum absolute atomic E-state index is 0.0601. The van der Waals surface area contributed by atoms with Gasteiger partial charge in [0.15, 0.2) is 0 Å². The van der Waals surface area contributed by atoms with Crippen LogP contribution in [0.5, 0.6) is 5.75 Å². The van der Waals surface area contributed by atoms with Crippen LogP contribution in [0.25, 0.3) is 0 Å². The second-order valence-electron chi connectivity index (χ2n) is 3.43. The van der Waals surface area contributed by atoms with E-state index in [-0.39, 0.29) is 6.10 Å². The Balaban J connectivity index is 3.20. The molecule has 0 radical (unpaired) electrons. The Kier molecular flexibility index (Phi) is 2.98. The largest absolute Gasteiger partial charge is 0.489 e. The topological polar surface area (TPSA) is 59.0 Å². The first kappa shape index (κ1) is 10.4. The lowest BCUT2D eigenvalue weighted by Crippen LogP contribution is -2.09. The zero-order chi connectivity index (χ0) is 10.7. The van der Waals surface area contributed by atoms with Gasteiger partial charge < -0.3 is 10.5 Å². The number of hydrogen-bond acceptors (Lipinski definition) is 3. The van der Waals surface area contributed by atoms with Crippen molar-refractivity contribution in [3.05, 3.63) is 23.3 Å². The molecule has 0 aliphatic heterocycles. The molecular formula is C11H14N2O. The second-order valence-corrected chi connectivity index (χ2v) is 3.43. The van der Waals surface area contributed by atoms with E-state index in [9.17, 15) is 0 Å². The third-order valence-electron chi connectivity index (χ3n) is 1.91. The van der Waals surface area contributed by atoms with E-state index in [1.54, 1.807) is 12.1 Å². The predicted octanol–water partition coefficient (Wildman–Crippen LogP) is 2.24. The lowest BCUT2D eigenvalue weighted by Gasteiger charge is -2.15.